The topological polar surface area (TPSA) is 84.5 Å². The first-order chi connectivity index (χ1) is 13.6. The number of aryl methyl sites for hydroxylation is 1. The fourth-order valence-corrected chi connectivity index (χ4v) is 3.84. The number of pyridine rings is 1. The van der Waals surface area contributed by atoms with Crippen molar-refractivity contribution in [2.45, 2.75) is 38.8 Å². The van der Waals surface area contributed by atoms with Gasteiger partial charge in [-0.25, -0.2) is 9.97 Å². The summed E-state index contributed by atoms with van der Waals surface area (Å²) in [5, 5.41) is 2.96. The largest absolute Gasteiger partial charge is 0.351 e. The molecule has 2 amide bonds. The third kappa shape index (κ3) is 3.49. The van der Waals surface area contributed by atoms with E-state index in [2.05, 4.69) is 15.3 Å². The van der Waals surface area contributed by atoms with Crippen LogP contribution in [0.5, 0.6) is 0 Å². The van der Waals surface area contributed by atoms with Crippen LogP contribution in [0.2, 0.25) is 0 Å². The van der Waals surface area contributed by atoms with E-state index in [-0.39, 0.29) is 17.9 Å². The van der Waals surface area contributed by atoms with Gasteiger partial charge >= 0.3 is 0 Å². The Kier molecular flexibility index (Phi) is 5.10. The van der Waals surface area contributed by atoms with Crippen molar-refractivity contribution in [3.63, 3.8) is 0 Å². The third-order valence-electron chi connectivity index (χ3n) is 5.18. The Morgan fingerprint density at radius 3 is 2.96 bits per heavy atom. The van der Waals surface area contributed by atoms with Gasteiger partial charge in [0.2, 0.25) is 5.91 Å². The van der Waals surface area contributed by atoms with Crippen LogP contribution in [0.25, 0.3) is 5.52 Å². The average molecular weight is 380 g/mol. The van der Waals surface area contributed by atoms with E-state index in [0.29, 0.717) is 12.2 Å². The minimum absolute atomic E-state index is 0.0423. The second-order valence-electron chi connectivity index (χ2n) is 7.05. The maximum Gasteiger partial charge on any atom is 0.272 e. The van der Waals surface area contributed by atoms with Crippen molar-refractivity contribution in [2.24, 2.45) is 0 Å². The molecule has 0 radical (unpaired) electrons. The Balaban J connectivity index is 1.52. The minimum atomic E-state index is -0.187. The molecule has 0 spiro atoms. The van der Waals surface area contributed by atoms with Crippen LogP contribution in [0.4, 0.5) is 0 Å². The van der Waals surface area contributed by atoms with Crippen LogP contribution in [0.15, 0.2) is 43.1 Å². The number of likely N-dealkylation sites (tertiary alicyclic amines) is 1. The number of carbonyl (C=O) groups is 2. The number of carbonyl (C=O) groups excluding carboxylic acids is 2. The summed E-state index contributed by atoms with van der Waals surface area (Å²) in [5.74, 6) is 0.612. The lowest BCUT2D eigenvalue weighted by Gasteiger charge is -2.22. The summed E-state index contributed by atoms with van der Waals surface area (Å²) in [6, 6.07) is 5.62. The van der Waals surface area contributed by atoms with Gasteiger partial charge in [-0.15, -0.1) is 0 Å². The number of hydrogen-bond acceptors (Lipinski definition) is 4. The van der Waals surface area contributed by atoms with Crippen LogP contribution in [0.1, 0.15) is 48.5 Å². The molecule has 8 nitrogen and oxygen atoms in total. The van der Waals surface area contributed by atoms with Gasteiger partial charge in [0, 0.05) is 45.1 Å². The zero-order valence-electron chi connectivity index (χ0n) is 15.9. The van der Waals surface area contributed by atoms with Crippen molar-refractivity contribution >= 4 is 17.3 Å². The number of nitrogens with zero attached hydrogens (tertiary/aromatic N) is 5. The highest BCUT2D eigenvalue weighted by atomic mass is 16.2. The van der Waals surface area contributed by atoms with E-state index in [1.54, 1.807) is 19.4 Å². The third-order valence-corrected chi connectivity index (χ3v) is 5.18. The Hall–Kier alpha value is -3.16. The summed E-state index contributed by atoms with van der Waals surface area (Å²) < 4.78 is 3.92. The van der Waals surface area contributed by atoms with Crippen molar-refractivity contribution < 1.29 is 9.59 Å². The second kappa shape index (κ2) is 7.84. The van der Waals surface area contributed by atoms with E-state index >= 15 is 0 Å². The lowest BCUT2D eigenvalue weighted by molar-refractivity contribution is -0.129. The van der Waals surface area contributed by atoms with Crippen molar-refractivity contribution in [1.82, 2.24) is 29.2 Å². The van der Waals surface area contributed by atoms with E-state index in [4.69, 9.17) is 0 Å². The van der Waals surface area contributed by atoms with Gasteiger partial charge in [0.1, 0.15) is 5.82 Å². The van der Waals surface area contributed by atoms with Crippen molar-refractivity contribution in [3.05, 3.63) is 54.6 Å². The minimum Gasteiger partial charge on any atom is -0.351 e. The summed E-state index contributed by atoms with van der Waals surface area (Å²) >= 11 is 0. The molecule has 1 N–H and O–H groups in total. The van der Waals surface area contributed by atoms with E-state index < -0.39 is 0 Å². The molecule has 8 heteroatoms. The second-order valence-corrected chi connectivity index (χ2v) is 7.05. The van der Waals surface area contributed by atoms with E-state index in [1.165, 1.54) is 0 Å². The Morgan fingerprint density at radius 2 is 2.18 bits per heavy atom. The normalized spacial score (nSPS) is 16.6. The molecule has 1 aliphatic heterocycles. The Labute approximate surface area is 163 Å². The SMILES string of the molecule is CC(=O)N1CCC[C@H]1c1nc(C(=O)NCCCn2ccnc2)c2ccccn12. The zero-order valence-corrected chi connectivity index (χ0v) is 15.9. The molecule has 4 heterocycles. The molecule has 0 bridgehead atoms. The Bertz CT molecular complexity index is 978. The summed E-state index contributed by atoms with van der Waals surface area (Å²) in [7, 11) is 0. The van der Waals surface area contributed by atoms with Crippen LogP contribution in [-0.2, 0) is 11.3 Å². The molecular weight excluding hydrogens is 356 g/mol. The van der Waals surface area contributed by atoms with E-state index in [1.807, 2.05) is 44.5 Å². The molecule has 1 atom stereocenters. The summed E-state index contributed by atoms with van der Waals surface area (Å²) in [6.07, 6.45) is 9.93. The summed E-state index contributed by atoms with van der Waals surface area (Å²) in [6.45, 7) is 3.67. The molecule has 0 aromatic carbocycles. The molecule has 0 aliphatic carbocycles. The number of amides is 2. The highest BCUT2D eigenvalue weighted by molar-refractivity contribution is 5.99. The molecule has 1 fully saturated rings. The molecule has 1 aliphatic rings. The maximum absolute atomic E-state index is 12.8. The number of rotatable bonds is 6. The average Bonchev–Trinajstić information content (AvgIpc) is 3.43. The van der Waals surface area contributed by atoms with Crippen LogP contribution >= 0.6 is 0 Å². The monoisotopic (exact) mass is 380 g/mol. The molecule has 28 heavy (non-hydrogen) atoms. The molecule has 3 aromatic heterocycles. The fraction of sp³-hybridized carbons (Fsp3) is 0.400. The van der Waals surface area contributed by atoms with Gasteiger partial charge in [0.05, 0.1) is 17.9 Å². The quantitative estimate of drug-likeness (QED) is 0.663. The van der Waals surface area contributed by atoms with Crippen LogP contribution in [0.3, 0.4) is 0 Å². The molecule has 0 unspecified atom stereocenters. The first kappa shape index (κ1) is 18.2. The van der Waals surface area contributed by atoms with Crippen molar-refractivity contribution in [1.29, 1.82) is 0 Å². The van der Waals surface area contributed by atoms with Gasteiger partial charge in [-0.1, -0.05) is 6.07 Å². The van der Waals surface area contributed by atoms with Gasteiger partial charge in [-0.2, -0.15) is 0 Å². The van der Waals surface area contributed by atoms with Gasteiger partial charge < -0.3 is 19.2 Å². The Morgan fingerprint density at radius 1 is 1.29 bits per heavy atom. The first-order valence-corrected chi connectivity index (χ1v) is 9.63. The maximum atomic E-state index is 12.8. The molecule has 0 saturated carbocycles. The van der Waals surface area contributed by atoms with Crippen LogP contribution in [-0.4, -0.2) is 48.7 Å². The summed E-state index contributed by atoms with van der Waals surface area (Å²) in [5.41, 5.74) is 1.17. The number of aromatic nitrogens is 4. The van der Waals surface area contributed by atoms with Crippen molar-refractivity contribution in [3.8, 4) is 0 Å². The predicted octanol–water partition coefficient (Wildman–Crippen LogP) is 2.03. The zero-order chi connectivity index (χ0) is 19.5. The van der Waals surface area contributed by atoms with Crippen LogP contribution < -0.4 is 5.32 Å². The highest BCUT2D eigenvalue weighted by Gasteiger charge is 2.32. The molecule has 3 aromatic rings. The van der Waals surface area contributed by atoms with Gasteiger partial charge in [-0.3, -0.25) is 9.59 Å². The number of hydrogen-bond donors (Lipinski definition) is 1. The van der Waals surface area contributed by atoms with Gasteiger partial charge in [0.15, 0.2) is 5.69 Å². The molecular formula is C20H24N6O2. The van der Waals surface area contributed by atoms with E-state index in [0.717, 1.165) is 43.7 Å². The predicted molar refractivity (Wildman–Crippen MR) is 104 cm³/mol. The number of nitrogens with one attached hydrogen (secondary N) is 1. The van der Waals surface area contributed by atoms with Crippen LogP contribution in [0, 0.1) is 0 Å². The first-order valence-electron chi connectivity index (χ1n) is 9.63. The molecule has 1 saturated heterocycles. The fourth-order valence-electron chi connectivity index (χ4n) is 3.84. The van der Waals surface area contributed by atoms with Crippen molar-refractivity contribution in [2.75, 3.05) is 13.1 Å². The standard InChI is InChI=1S/C20H24N6O2/c1-15(27)25-12-4-7-17(25)19-23-18(16-6-2-3-11-26(16)19)20(28)22-8-5-10-24-13-9-21-14-24/h2-3,6,9,11,13-14,17H,4-5,7-8,10,12H2,1H3,(H,22,28)/t17-/m0/s1. The smallest absolute Gasteiger partial charge is 0.272 e. The van der Waals surface area contributed by atoms with E-state index in [9.17, 15) is 9.59 Å². The van der Waals surface area contributed by atoms with Gasteiger partial charge in [-0.05, 0) is 31.4 Å². The summed E-state index contributed by atoms with van der Waals surface area (Å²) in [4.78, 5) is 35.3. The molecule has 4 rings (SSSR count). The highest BCUT2D eigenvalue weighted by Crippen LogP contribution is 2.32. The van der Waals surface area contributed by atoms with Gasteiger partial charge in [0.25, 0.3) is 5.91 Å². The lowest BCUT2D eigenvalue weighted by atomic mass is 10.2. The number of fused-ring (bicyclic) bond motifs is 1. The molecule has 146 valence electrons. The number of imidazole rings is 2. The lowest BCUT2D eigenvalue weighted by Crippen LogP contribution is -2.29.